The van der Waals surface area contributed by atoms with Gasteiger partial charge in [0.25, 0.3) is 0 Å². The van der Waals surface area contributed by atoms with E-state index in [0.717, 1.165) is 14.7 Å². The third-order valence-electron chi connectivity index (χ3n) is 4.01. The highest BCUT2D eigenvalue weighted by Crippen LogP contribution is 2.37. The van der Waals surface area contributed by atoms with Gasteiger partial charge in [0.2, 0.25) is 5.90 Å². The van der Waals surface area contributed by atoms with Crippen molar-refractivity contribution < 1.29 is 19.0 Å². The summed E-state index contributed by atoms with van der Waals surface area (Å²) in [5.74, 6) is 0.681. The SMILES string of the molecule is C=CCOc1c(Cl)cc(/C=C2\N=C(c3ccc(I)c(C)c3)OC2=O)cc1OCC. The molecule has 2 aromatic rings. The summed E-state index contributed by atoms with van der Waals surface area (Å²) in [7, 11) is 0. The van der Waals surface area contributed by atoms with Crippen LogP contribution in [-0.4, -0.2) is 25.1 Å². The Balaban J connectivity index is 1.96. The van der Waals surface area contributed by atoms with E-state index in [1.807, 2.05) is 32.0 Å². The number of hydrogen-bond donors (Lipinski definition) is 0. The predicted molar refractivity (Wildman–Crippen MR) is 123 cm³/mol. The molecule has 5 nitrogen and oxygen atoms in total. The monoisotopic (exact) mass is 523 g/mol. The first kappa shape index (κ1) is 21.4. The first-order valence-corrected chi connectivity index (χ1v) is 10.4. The zero-order valence-electron chi connectivity index (χ0n) is 16.0. The van der Waals surface area contributed by atoms with Crippen molar-refractivity contribution in [3.8, 4) is 11.5 Å². The van der Waals surface area contributed by atoms with E-state index in [-0.39, 0.29) is 11.6 Å². The number of rotatable bonds is 7. The molecule has 1 aliphatic rings. The molecule has 1 heterocycles. The summed E-state index contributed by atoms with van der Waals surface area (Å²) in [4.78, 5) is 16.7. The van der Waals surface area contributed by atoms with E-state index in [1.165, 1.54) is 0 Å². The van der Waals surface area contributed by atoms with Crippen LogP contribution < -0.4 is 9.47 Å². The van der Waals surface area contributed by atoms with Crippen molar-refractivity contribution >= 4 is 52.1 Å². The van der Waals surface area contributed by atoms with Crippen molar-refractivity contribution in [3.63, 3.8) is 0 Å². The van der Waals surface area contributed by atoms with Crippen LogP contribution in [0, 0.1) is 10.5 Å². The highest BCUT2D eigenvalue weighted by atomic mass is 127. The Hall–Kier alpha value is -2.32. The lowest BCUT2D eigenvalue weighted by Crippen LogP contribution is -2.05. The van der Waals surface area contributed by atoms with Gasteiger partial charge in [-0.3, -0.25) is 0 Å². The lowest BCUT2D eigenvalue weighted by molar-refractivity contribution is -0.129. The summed E-state index contributed by atoms with van der Waals surface area (Å²) in [5, 5.41) is 0.369. The maximum Gasteiger partial charge on any atom is 0.363 e. The van der Waals surface area contributed by atoms with Crippen molar-refractivity contribution in [1.82, 2.24) is 0 Å². The molecule has 0 fully saturated rings. The standard InChI is InChI=1S/C22H19ClINO4/c1-4-8-28-20-16(23)10-14(12-19(20)27-5-2)11-18-22(26)29-21(25-18)15-6-7-17(24)13(3)9-15/h4,6-7,9-12H,1,5,8H2,2-3H3/b18-11-. The Morgan fingerprint density at radius 2 is 2.07 bits per heavy atom. The van der Waals surface area contributed by atoms with Gasteiger partial charge in [0.15, 0.2) is 17.2 Å². The van der Waals surface area contributed by atoms with Gasteiger partial charge in [0.05, 0.1) is 11.6 Å². The molecule has 0 radical (unpaired) electrons. The molecule has 0 bridgehead atoms. The maximum atomic E-state index is 12.3. The van der Waals surface area contributed by atoms with Gasteiger partial charge in [-0.25, -0.2) is 9.79 Å². The molecule has 0 saturated carbocycles. The van der Waals surface area contributed by atoms with Crippen molar-refractivity contribution in [2.24, 2.45) is 4.99 Å². The van der Waals surface area contributed by atoms with Gasteiger partial charge in [-0.1, -0.05) is 24.3 Å². The number of aliphatic imine (C=N–C) groups is 1. The van der Waals surface area contributed by atoms with E-state index in [1.54, 1.807) is 24.3 Å². The lowest BCUT2D eigenvalue weighted by atomic mass is 10.1. The third kappa shape index (κ3) is 5.00. The van der Waals surface area contributed by atoms with E-state index in [2.05, 4.69) is 34.2 Å². The van der Waals surface area contributed by atoms with Crippen molar-refractivity contribution in [2.75, 3.05) is 13.2 Å². The van der Waals surface area contributed by atoms with E-state index in [4.69, 9.17) is 25.8 Å². The second-order valence-electron chi connectivity index (χ2n) is 6.16. The quantitative estimate of drug-likeness (QED) is 0.206. The molecule has 150 valence electrons. The van der Waals surface area contributed by atoms with Crippen LogP contribution in [0.4, 0.5) is 0 Å². The normalized spacial score (nSPS) is 14.6. The number of benzene rings is 2. The van der Waals surface area contributed by atoms with Crippen molar-refractivity contribution in [1.29, 1.82) is 0 Å². The molecule has 0 atom stereocenters. The Morgan fingerprint density at radius 1 is 1.28 bits per heavy atom. The van der Waals surface area contributed by atoms with E-state index in [0.29, 0.717) is 35.3 Å². The molecule has 0 saturated heterocycles. The smallest absolute Gasteiger partial charge is 0.363 e. The van der Waals surface area contributed by atoms with E-state index in [9.17, 15) is 4.79 Å². The van der Waals surface area contributed by atoms with Crippen molar-refractivity contribution in [2.45, 2.75) is 13.8 Å². The van der Waals surface area contributed by atoms with Crippen LogP contribution in [-0.2, 0) is 9.53 Å². The van der Waals surface area contributed by atoms with Gasteiger partial charge in [0.1, 0.15) is 6.61 Å². The number of nitrogens with zero attached hydrogens (tertiary/aromatic N) is 1. The minimum absolute atomic E-state index is 0.189. The van der Waals surface area contributed by atoms with Gasteiger partial charge in [-0.15, -0.1) is 0 Å². The number of halogens is 2. The first-order chi connectivity index (χ1) is 13.9. The van der Waals surface area contributed by atoms with Crippen LogP contribution in [0.15, 0.2) is 53.7 Å². The van der Waals surface area contributed by atoms with Crippen LogP contribution in [0.2, 0.25) is 5.02 Å². The zero-order valence-corrected chi connectivity index (χ0v) is 18.9. The number of cyclic esters (lactones) is 1. The second-order valence-corrected chi connectivity index (χ2v) is 7.73. The molecule has 0 amide bonds. The molecule has 0 spiro atoms. The highest BCUT2D eigenvalue weighted by Gasteiger charge is 2.25. The zero-order chi connectivity index (χ0) is 21.0. The lowest BCUT2D eigenvalue weighted by Gasteiger charge is -2.13. The van der Waals surface area contributed by atoms with Crippen molar-refractivity contribution in [3.05, 3.63) is 74.0 Å². The minimum Gasteiger partial charge on any atom is -0.490 e. The largest absolute Gasteiger partial charge is 0.490 e. The average molecular weight is 524 g/mol. The molecular formula is C22H19ClINO4. The Labute approximate surface area is 188 Å². The van der Waals surface area contributed by atoms with Gasteiger partial charge in [-0.05, 0) is 84.0 Å². The molecule has 0 N–H and O–H groups in total. The fraction of sp³-hybridized carbons (Fsp3) is 0.182. The van der Waals surface area contributed by atoms with Gasteiger partial charge < -0.3 is 14.2 Å². The summed E-state index contributed by atoms with van der Waals surface area (Å²) in [6.07, 6.45) is 3.24. The van der Waals surface area contributed by atoms with E-state index < -0.39 is 5.97 Å². The van der Waals surface area contributed by atoms with Crippen LogP contribution in [0.5, 0.6) is 11.5 Å². The maximum absolute atomic E-state index is 12.3. The first-order valence-electron chi connectivity index (χ1n) is 8.92. The summed E-state index contributed by atoms with van der Waals surface area (Å²) in [6.45, 7) is 8.23. The molecule has 3 rings (SSSR count). The molecular weight excluding hydrogens is 505 g/mol. The number of aryl methyl sites for hydroxylation is 1. The molecule has 0 aromatic heterocycles. The van der Waals surface area contributed by atoms with Gasteiger partial charge in [0, 0.05) is 9.13 Å². The molecule has 0 aliphatic carbocycles. The highest BCUT2D eigenvalue weighted by molar-refractivity contribution is 14.1. The summed E-state index contributed by atoms with van der Waals surface area (Å²) in [5.41, 5.74) is 2.68. The summed E-state index contributed by atoms with van der Waals surface area (Å²) in [6, 6.07) is 9.20. The number of esters is 1. The van der Waals surface area contributed by atoms with Crippen LogP contribution in [0.1, 0.15) is 23.6 Å². The molecule has 1 aliphatic heterocycles. The molecule has 2 aromatic carbocycles. The fourth-order valence-electron chi connectivity index (χ4n) is 2.68. The minimum atomic E-state index is -0.516. The Bertz CT molecular complexity index is 1030. The van der Waals surface area contributed by atoms with Crippen LogP contribution >= 0.6 is 34.2 Å². The molecule has 7 heteroatoms. The average Bonchev–Trinajstić information content (AvgIpc) is 3.04. The number of carbonyl (C=O) groups is 1. The summed E-state index contributed by atoms with van der Waals surface area (Å²) >= 11 is 8.62. The fourth-order valence-corrected chi connectivity index (χ4v) is 3.29. The summed E-state index contributed by atoms with van der Waals surface area (Å²) < 4.78 is 17.7. The number of ether oxygens (including phenoxy) is 3. The van der Waals surface area contributed by atoms with Crippen LogP contribution in [0.25, 0.3) is 6.08 Å². The topological polar surface area (TPSA) is 57.1 Å². The Morgan fingerprint density at radius 3 is 2.76 bits per heavy atom. The molecule has 0 unspecified atom stereocenters. The third-order valence-corrected chi connectivity index (χ3v) is 5.50. The van der Waals surface area contributed by atoms with E-state index >= 15 is 0 Å². The van der Waals surface area contributed by atoms with Gasteiger partial charge >= 0.3 is 5.97 Å². The second kappa shape index (κ2) is 9.45. The molecule has 29 heavy (non-hydrogen) atoms. The van der Waals surface area contributed by atoms with Gasteiger partial charge in [-0.2, -0.15) is 0 Å². The van der Waals surface area contributed by atoms with Crippen LogP contribution in [0.3, 0.4) is 0 Å². The number of hydrogen-bond acceptors (Lipinski definition) is 5. The predicted octanol–water partition coefficient (Wildman–Crippen LogP) is 5.56. The Kier molecular flexibility index (Phi) is 6.97. The number of carbonyl (C=O) groups excluding carboxylic acids is 1.